The number of aryl methyl sites for hydroxylation is 1. The lowest BCUT2D eigenvalue weighted by atomic mass is 10.2. The topological polar surface area (TPSA) is 52.7 Å². The van der Waals surface area contributed by atoms with Crippen molar-refractivity contribution < 1.29 is 9.52 Å². The molecule has 0 aromatic carbocycles. The Labute approximate surface area is 135 Å². The lowest BCUT2D eigenvalue weighted by Gasteiger charge is -2.34. The van der Waals surface area contributed by atoms with Crippen molar-refractivity contribution in [3.8, 4) is 11.5 Å². The zero-order valence-electron chi connectivity index (χ0n) is 13.2. The highest BCUT2D eigenvalue weighted by molar-refractivity contribution is 7.08. The van der Waals surface area contributed by atoms with Crippen molar-refractivity contribution in [1.82, 2.24) is 14.8 Å². The van der Waals surface area contributed by atoms with Crippen LogP contribution in [0.5, 0.6) is 0 Å². The number of rotatable bonds is 5. The van der Waals surface area contributed by atoms with Crippen LogP contribution in [0, 0.1) is 6.92 Å². The van der Waals surface area contributed by atoms with E-state index in [1.807, 2.05) is 25.3 Å². The molecule has 2 aromatic heterocycles. The molecule has 1 N–H and O–H groups in total. The zero-order chi connectivity index (χ0) is 15.5. The second kappa shape index (κ2) is 6.91. The molecule has 1 aliphatic heterocycles. The zero-order valence-corrected chi connectivity index (χ0v) is 14.0. The minimum absolute atomic E-state index is 0.252. The summed E-state index contributed by atoms with van der Waals surface area (Å²) in [4.78, 5) is 9.38. The second-order valence-corrected chi connectivity index (χ2v) is 6.74. The second-order valence-electron chi connectivity index (χ2n) is 5.96. The predicted molar refractivity (Wildman–Crippen MR) is 88.0 cm³/mol. The fourth-order valence-electron chi connectivity index (χ4n) is 2.80. The molecule has 6 heteroatoms. The van der Waals surface area contributed by atoms with E-state index in [0.717, 1.165) is 62.2 Å². The van der Waals surface area contributed by atoms with Crippen molar-refractivity contribution in [2.24, 2.45) is 0 Å². The molecular formula is C16H23N3O2S. The first-order valence-corrected chi connectivity index (χ1v) is 8.68. The summed E-state index contributed by atoms with van der Waals surface area (Å²) in [6.45, 7) is 9.44. The monoisotopic (exact) mass is 321 g/mol. The molecule has 1 saturated heterocycles. The van der Waals surface area contributed by atoms with Crippen LogP contribution < -0.4 is 0 Å². The highest BCUT2D eigenvalue weighted by atomic mass is 32.1. The molecule has 3 heterocycles. The van der Waals surface area contributed by atoms with E-state index in [9.17, 15) is 5.11 Å². The first-order valence-electron chi connectivity index (χ1n) is 7.73. The van der Waals surface area contributed by atoms with Crippen LogP contribution in [0.4, 0.5) is 0 Å². The fourth-order valence-corrected chi connectivity index (χ4v) is 3.43. The Morgan fingerprint density at radius 1 is 1.32 bits per heavy atom. The molecular weight excluding hydrogens is 298 g/mol. The smallest absolute Gasteiger partial charge is 0.227 e. The number of aliphatic hydroxyl groups excluding tert-OH is 1. The summed E-state index contributed by atoms with van der Waals surface area (Å²) in [5, 5.41) is 13.6. The third-order valence-corrected chi connectivity index (χ3v) is 4.70. The van der Waals surface area contributed by atoms with Gasteiger partial charge in [-0.1, -0.05) is 0 Å². The molecule has 5 nitrogen and oxygen atoms in total. The Hall–Kier alpha value is -1.21. The maximum atomic E-state index is 9.46. The van der Waals surface area contributed by atoms with Gasteiger partial charge in [0.2, 0.25) is 5.89 Å². The van der Waals surface area contributed by atoms with E-state index in [0.29, 0.717) is 0 Å². The first kappa shape index (κ1) is 15.7. The van der Waals surface area contributed by atoms with Gasteiger partial charge in [-0.3, -0.25) is 9.80 Å². The largest absolute Gasteiger partial charge is 0.441 e. The Morgan fingerprint density at radius 2 is 2.05 bits per heavy atom. The summed E-state index contributed by atoms with van der Waals surface area (Å²) < 4.78 is 5.80. The van der Waals surface area contributed by atoms with Gasteiger partial charge < -0.3 is 9.52 Å². The maximum Gasteiger partial charge on any atom is 0.227 e. The van der Waals surface area contributed by atoms with E-state index < -0.39 is 0 Å². The fraction of sp³-hybridized carbons (Fsp3) is 0.562. The van der Waals surface area contributed by atoms with Gasteiger partial charge in [-0.2, -0.15) is 11.3 Å². The SMILES string of the molecule is Cc1oc(-c2ccsc2)nc1CN1CCN(C[C@H](C)O)CC1. The van der Waals surface area contributed by atoms with Gasteiger partial charge in [-0.15, -0.1) is 0 Å². The Kier molecular flexibility index (Phi) is 4.93. The van der Waals surface area contributed by atoms with Gasteiger partial charge in [-0.05, 0) is 25.3 Å². The summed E-state index contributed by atoms with van der Waals surface area (Å²) in [5.41, 5.74) is 2.09. The van der Waals surface area contributed by atoms with Crippen LogP contribution in [-0.4, -0.2) is 58.7 Å². The third-order valence-electron chi connectivity index (χ3n) is 4.02. The van der Waals surface area contributed by atoms with Gasteiger partial charge in [0.25, 0.3) is 0 Å². The van der Waals surface area contributed by atoms with Crippen LogP contribution in [0.2, 0.25) is 0 Å². The molecule has 120 valence electrons. The minimum Gasteiger partial charge on any atom is -0.441 e. The van der Waals surface area contributed by atoms with Crippen LogP contribution in [0.1, 0.15) is 18.4 Å². The Bertz CT molecular complexity index is 587. The normalized spacial score (nSPS) is 18.7. The predicted octanol–water partition coefficient (Wildman–Crippen LogP) is 2.21. The van der Waals surface area contributed by atoms with E-state index in [1.165, 1.54) is 0 Å². The number of piperazine rings is 1. The quantitative estimate of drug-likeness (QED) is 0.915. The molecule has 1 atom stereocenters. The summed E-state index contributed by atoms with van der Waals surface area (Å²) >= 11 is 1.65. The van der Waals surface area contributed by atoms with E-state index >= 15 is 0 Å². The van der Waals surface area contributed by atoms with Crippen molar-refractivity contribution in [1.29, 1.82) is 0 Å². The summed E-state index contributed by atoms with van der Waals surface area (Å²) in [6, 6.07) is 2.04. The number of oxazole rings is 1. The molecule has 22 heavy (non-hydrogen) atoms. The average Bonchev–Trinajstić information content (AvgIpc) is 3.11. The number of nitrogens with zero attached hydrogens (tertiary/aromatic N) is 3. The molecule has 0 spiro atoms. The maximum absolute atomic E-state index is 9.46. The standard InChI is InChI=1S/C16H23N3O2S/c1-12(20)9-18-4-6-19(7-5-18)10-15-13(2)21-16(17-15)14-3-8-22-11-14/h3,8,11-12,20H,4-7,9-10H2,1-2H3/t12-/m0/s1. The lowest BCUT2D eigenvalue weighted by Crippen LogP contribution is -2.47. The van der Waals surface area contributed by atoms with Crippen molar-refractivity contribution in [2.75, 3.05) is 32.7 Å². The van der Waals surface area contributed by atoms with Gasteiger partial charge in [-0.25, -0.2) is 4.98 Å². The number of aromatic nitrogens is 1. The van der Waals surface area contributed by atoms with E-state index in [-0.39, 0.29) is 6.10 Å². The number of hydrogen-bond donors (Lipinski definition) is 1. The number of hydrogen-bond acceptors (Lipinski definition) is 6. The molecule has 0 unspecified atom stereocenters. The van der Waals surface area contributed by atoms with Gasteiger partial charge >= 0.3 is 0 Å². The molecule has 1 aliphatic rings. The number of aliphatic hydroxyl groups is 1. The van der Waals surface area contributed by atoms with Crippen molar-refractivity contribution >= 4 is 11.3 Å². The molecule has 0 aliphatic carbocycles. The molecule has 0 amide bonds. The number of thiophene rings is 1. The molecule has 3 rings (SSSR count). The molecule has 0 bridgehead atoms. The van der Waals surface area contributed by atoms with Crippen LogP contribution in [-0.2, 0) is 6.54 Å². The Balaban J connectivity index is 1.58. The van der Waals surface area contributed by atoms with Gasteiger partial charge in [0.1, 0.15) is 5.76 Å². The van der Waals surface area contributed by atoms with E-state index in [1.54, 1.807) is 11.3 Å². The number of β-amino-alcohol motifs (C(OH)–C–C–N with tert-alkyl or cyclic N) is 1. The molecule has 0 saturated carbocycles. The van der Waals surface area contributed by atoms with Crippen molar-refractivity contribution in [3.63, 3.8) is 0 Å². The molecule has 0 radical (unpaired) electrons. The summed E-state index contributed by atoms with van der Waals surface area (Å²) in [5.74, 6) is 1.63. The van der Waals surface area contributed by atoms with E-state index in [4.69, 9.17) is 4.42 Å². The summed E-state index contributed by atoms with van der Waals surface area (Å²) in [6.07, 6.45) is -0.252. The van der Waals surface area contributed by atoms with E-state index in [2.05, 4.69) is 20.2 Å². The minimum atomic E-state index is -0.252. The average molecular weight is 321 g/mol. The molecule has 2 aromatic rings. The van der Waals surface area contributed by atoms with Gasteiger partial charge in [0, 0.05) is 50.2 Å². The van der Waals surface area contributed by atoms with Crippen molar-refractivity contribution in [2.45, 2.75) is 26.5 Å². The van der Waals surface area contributed by atoms with Gasteiger partial charge in [0.05, 0.1) is 11.8 Å². The highest BCUT2D eigenvalue weighted by Crippen LogP contribution is 2.24. The van der Waals surface area contributed by atoms with Crippen molar-refractivity contribution in [3.05, 3.63) is 28.3 Å². The van der Waals surface area contributed by atoms with Crippen LogP contribution in [0.25, 0.3) is 11.5 Å². The first-order chi connectivity index (χ1) is 10.6. The highest BCUT2D eigenvalue weighted by Gasteiger charge is 2.20. The van der Waals surface area contributed by atoms with Crippen LogP contribution in [0.3, 0.4) is 0 Å². The molecule has 1 fully saturated rings. The summed E-state index contributed by atoms with van der Waals surface area (Å²) in [7, 11) is 0. The van der Waals surface area contributed by atoms with Crippen LogP contribution >= 0.6 is 11.3 Å². The lowest BCUT2D eigenvalue weighted by molar-refractivity contribution is 0.0775. The Morgan fingerprint density at radius 3 is 2.68 bits per heavy atom. The third kappa shape index (κ3) is 3.76. The van der Waals surface area contributed by atoms with Gasteiger partial charge in [0.15, 0.2) is 0 Å². The van der Waals surface area contributed by atoms with Crippen LogP contribution in [0.15, 0.2) is 21.2 Å².